The number of rotatable bonds is 4. The van der Waals surface area contributed by atoms with Crippen LogP contribution in [0.25, 0.3) is 0 Å². The van der Waals surface area contributed by atoms with Gasteiger partial charge in [-0.25, -0.2) is 14.4 Å². The van der Waals surface area contributed by atoms with Gasteiger partial charge in [0.1, 0.15) is 5.56 Å². The first-order valence-corrected chi connectivity index (χ1v) is 7.87. The maximum atomic E-state index is 11.9. The van der Waals surface area contributed by atoms with Crippen molar-refractivity contribution in [2.75, 3.05) is 19.5 Å². The molecule has 0 aliphatic carbocycles. The lowest BCUT2D eigenvalue weighted by molar-refractivity contribution is -0.222. The largest absolute Gasteiger partial charge is 0.494 e. The number of nitrogens with one attached hydrogen (secondary N) is 1. The van der Waals surface area contributed by atoms with Crippen LogP contribution in [0.4, 0.5) is 5.69 Å². The molecule has 1 aromatic carbocycles. The van der Waals surface area contributed by atoms with E-state index in [0.29, 0.717) is 10.2 Å². The third kappa shape index (κ3) is 4.11. The molecule has 0 atom stereocenters. The highest BCUT2D eigenvalue weighted by Crippen LogP contribution is 2.34. The van der Waals surface area contributed by atoms with E-state index in [-0.39, 0.29) is 16.9 Å². The molecule has 9 heteroatoms. The first kappa shape index (κ1) is 18.8. The number of carbonyl (C=O) groups excluding carboxylic acids is 3. The van der Waals surface area contributed by atoms with E-state index >= 15 is 0 Å². The molecule has 1 aliphatic rings. The Morgan fingerprint density at radius 3 is 2.32 bits per heavy atom. The number of hydrogen-bond acceptors (Lipinski definition) is 8. The lowest BCUT2D eigenvalue weighted by atomic mass is 10.1. The van der Waals surface area contributed by atoms with Crippen LogP contribution in [0.1, 0.15) is 24.2 Å². The van der Waals surface area contributed by atoms with Crippen molar-refractivity contribution in [2.45, 2.75) is 19.6 Å². The van der Waals surface area contributed by atoms with Crippen molar-refractivity contribution in [3.8, 4) is 5.75 Å². The van der Waals surface area contributed by atoms with E-state index in [2.05, 4.69) is 21.2 Å². The minimum atomic E-state index is -1.32. The van der Waals surface area contributed by atoms with Crippen molar-refractivity contribution in [2.24, 2.45) is 0 Å². The molecule has 1 aromatic rings. The number of carbonyl (C=O) groups is 3. The van der Waals surface area contributed by atoms with Crippen molar-refractivity contribution in [1.29, 1.82) is 0 Å². The Bertz CT molecular complexity index is 748. The van der Waals surface area contributed by atoms with Gasteiger partial charge in [0.15, 0.2) is 11.3 Å². The maximum absolute atomic E-state index is 11.9. The van der Waals surface area contributed by atoms with Gasteiger partial charge in [0, 0.05) is 24.5 Å². The van der Waals surface area contributed by atoms with Crippen LogP contribution in [-0.2, 0) is 23.8 Å². The number of methoxy groups -OCH3 is 2. The van der Waals surface area contributed by atoms with E-state index in [1.54, 1.807) is 6.07 Å². The summed E-state index contributed by atoms with van der Waals surface area (Å²) in [6.07, 6.45) is 1.13. The van der Waals surface area contributed by atoms with Crippen LogP contribution in [0.3, 0.4) is 0 Å². The second-order valence-corrected chi connectivity index (χ2v) is 6.32. The van der Waals surface area contributed by atoms with Gasteiger partial charge in [0.25, 0.3) is 5.79 Å². The Labute approximate surface area is 152 Å². The zero-order chi connectivity index (χ0) is 18.8. The Balaban J connectivity index is 2.37. The standard InChI is InChI=1S/C16H16BrNO7/c1-16(2)24-14(20)10(15(21)25-16)7-18-11-6-8(17)5-9(12(11)22-3)13(19)23-4/h5-7,18H,1-4H3. The Morgan fingerprint density at radius 1 is 1.20 bits per heavy atom. The van der Waals surface area contributed by atoms with Gasteiger partial charge in [0.05, 0.1) is 19.9 Å². The number of hydrogen-bond donors (Lipinski definition) is 1. The highest BCUT2D eigenvalue weighted by atomic mass is 79.9. The first-order chi connectivity index (χ1) is 11.7. The summed E-state index contributed by atoms with van der Waals surface area (Å²) >= 11 is 3.27. The summed E-state index contributed by atoms with van der Waals surface area (Å²) in [7, 11) is 2.62. The summed E-state index contributed by atoms with van der Waals surface area (Å²) in [5.41, 5.74) is 0.173. The smallest absolute Gasteiger partial charge is 0.350 e. The lowest BCUT2D eigenvalue weighted by Gasteiger charge is -2.29. The molecule has 1 heterocycles. The second-order valence-electron chi connectivity index (χ2n) is 5.41. The van der Waals surface area contributed by atoms with Crippen LogP contribution in [0.2, 0.25) is 0 Å². The van der Waals surface area contributed by atoms with E-state index < -0.39 is 23.7 Å². The van der Waals surface area contributed by atoms with Gasteiger partial charge in [-0.1, -0.05) is 15.9 Å². The van der Waals surface area contributed by atoms with Crippen molar-refractivity contribution >= 4 is 39.5 Å². The molecule has 0 amide bonds. The SMILES string of the molecule is COC(=O)c1cc(Br)cc(NC=C2C(=O)OC(C)(C)OC2=O)c1OC. The molecule has 0 saturated carbocycles. The molecular formula is C16H16BrNO7. The van der Waals surface area contributed by atoms with Crippen LogP contribution in [0.5, 0.6) is 5.75 Å². The molecule has 0 unspecified atom stereocenters. The zero-order valence-electron chi connectivity index (χ0n) is 14.0. The average Bonchev–Trinajstić information content (AvgIpc) is 2.51. The van der Waals surface area contributed by atoms with Crippen molar-refractivity contribution < 1.29 is 33.3 Å². The fraction of sp³-hybridized carbons (Fsp3) is 0.312. The Hall–Kier alpha value is -2.55. The normalized spacial score (nSPS) is 15.8. The van der Waals surface area contributed by atoms with Crippen LogP contribution in [-0.4, -0.2) is 37.9 Å². The molecule has 1 fully saturated rings. The predicted molar refractivity (Wildman–Crippen MR) is 90.0 cm³/mol. The van der Waals surface area contributed by atoms with Gasteiger partial charge in [-0.3, -0.25) is 0 Å². The molecule has 1 N–H and O–H groups in total. The minimum absolute atomic E-state index is 0.162. The molecule has 0 aromatic heterocycles. The summed E-state index contributed by atoms with van der Waals surface area (Å²) < 4.78 is 20.5. The highest BCUT2D eigenvalue weighted by Gasteiger charge is 2.39. The summed E-state index contributed by atoms with van der Waals surface area (Å²) in [5.74, 6) is -3.39. The Kier molecular flexibility index (Phi) is 5.36. The van der Waals surface area contributed by atoms with Crippen molar-refractivity contribution in [1.82, 2.24) is 0 Å². The van der Waals surface area contributed by atoms with Gasteiger partial charge in [-0.15, -0.1) is 0 Å². The number of benzene rings is 1. The number of ether oxygens (including phenoxy) is 4. The van der Waals surface area contributed by atoms with E-state index in [9.17, 15) is 14.4 Å². The van der Waals surface area contributed by atoms with Crippen LogP contribution < -0.4 is 10.1 Å². The van der Waals surface area contributed by atoms with E-state index in [1.807, 2.05) is 0 Å². The summed E-state index contributed by atoms with van der Waals surface area (Å²) in [6.45, 7) is 2.90. The Morgan fingerprint density at radius 2 is 1.80 bits per heavy atom. The summed E-state index contributed by atoms with van der Waals surface area (Å²) in [4.78, 5) is 35.7. The van der Waals surface area contributed by atoms with Crippen LogP contribution >= 0.6 is 15.9 Å². The molecule has 0 spiro atoms. The van der Waals surface area contributed by atoms with Crippen molar-refractivity contribution in [3.05, 3.63) is 33.9 Å². The number of esters is 3. The van der Waals surface area contributed by atoms with E-state index in [1.165, 1.54) is 34.1 Å². The highest BCUT2D eigenvalue weighted by molar-refractivity contribution is 9.10. The van der Waals surface area contributed by atoms with Crippen LogP contribution in [0, 0.1) is 0 Å². The zero-order valence-corrected chi connectivity index (χ0v) is 15.6. The molecule has 25 heavy (non-hydrogen) atoms. The van der Waals surface area contributed by atoms with Gasteiger partial charge in [-0.2, -0.15) is 0 Å². The second kappa shape index (κ2) is 7.14. The topological polar surface area (TPSA) is 100 Å². The van der Waals surface area contributed by atoms with Gasteiger partial charge in [-0.05, 0) is 12.1 Å². The molecule has 0 radical (unpaired) electrons. The predicted octanol–water partition coefficient (Wildman–Crippen LogP) is 2.38. The number of cyclic esters (lactones) is 2. The molecule has 1 aliphatic heterocycles. The molecule has 1 saturated heterocycles. The molecule has 134 valence electrons. The maximum Gasteiger partial charge on any atom is 0.350 e. The fourth-order valence-electron chi connectivity index (χ4n) is 2.11. The molecule has 8 nitrogen and oxygen atoms in total. The lowest BCUT2D eigenvalue weighted by Crippen LogP contribution is -2.42. The monoisotopic (exact) mass is 413 g/mol. The first-order valence-electron chi connectivity index (χ1n) is 7.07. The summed E-state index contributed by atoms with van der Waals surface area (Å²) in [6, 6.07) is 3.13. The van der Waals surface area contributed by atoms with Gasteiger partial charge < -0.3 is 24.3 Å². The fourth-order valence-corrected chi connectivity index (χ4v) is 2.57. The van der Waals surface area contributed by atoms with Gasteiger partial charge in [0.2, 0.25) is 0 Å². The molecule has 2 rings (SSSR count). The molecular weight excluding hydrogens is 398 g/mol. The van der Waals surface area contributed by atoms with E-state index in [0.717, 1.165) is 6.20 Å². The quantitative estimate of drug-likeness (QED) is 0.456. The number of halogens is 1. The minimum Gasteiger partial charge on any atom is -0.494 e. The van der Waals surface area contributed by atoms with Gasteiger partial charge >= 0.3 is 17.9 Å². The summed E-state index contributed by atoms with van der Waals surface area (Å²) in [5, 5.41) is 2.76. The average molecular weight is 414 g/mol. The van der Waals surface area contributed by atoms with Crippen molar-refractivity contribution in [3.63, 3.8) is 0 Å². The van der Waals surface area contributed by atoms with Crippen LogP contribution in [0.15, 0.2) is 28.4 Å². The molecule has 0 bridgehead atoms. The van der Waals surface area contributed by atoms with E-state index in [4.69, 9.17) is 18.9 Å². The third-order valence-corrected chi connectivity index (χ3v) is 3.61. The third-order valence-electron chi connectivity index (χ3n) is 3.15. The number of anilines is 1.